The molecule has 1 saturated heterocycles. The molecule has 4 nitrogen and oxygen atoms in total. The van der Waals surface area contributed by atoms with Crippen molar-refractivity contribution >= 4 is 0 Å². The van der Waals surface area contributed by atoms with Crippen molar-refractivity contribution in [3.8, 4) is 11.5 Å². The molecule has 0 spiro atoms. The van der Waals surface area contributed by atoms with E-state index >= 15 is 0 Å². The van der Waals surface area contributed by atoms with Gasteiger partial charge in [-0.1, -0.05) is 36.4 Å². The summed E-state index contributed by atoms with van der Waals surface area (Å²) in [7, 11) is 3.33. The maximum atomic E-state index is 5.99. The van der Waals surface area contributed by atoms with Gasteiger partial charge in [0.1, 0.15) is 0 Å². The molecule has 0 aliphatic carbocycles. The lowest BCUT2D eigenvalue weighted by atomic mass is 9.95. The summed E-state index contributed by atoms with van der Waals surface area (Å²) in [5.74, 6) is 2.07. The predicted octanol–water partition coefficient (Wildman–Crippen LogP) is 4.00. The standard InChI is InChI=1S/C22H29NO3/c1-16(13-17-9-10-20(24-2)21(14-17)25-3)23-15-19-11-12-26-22(19)18-7-5-4-6-8-18/h4-10,14,16,19,22-23H,11-13,15H2,1-3H3/t16?,19-,22-/m1/s1. The molecule has 0 amide bonds. The van der Waals surface area contributed by atoms with Gasteiger partial charge in [0, 0.05) is 25.1 Å². The summed E-state index contributed by atoms with van der Waals surface area (Å²) in [5.41, 5.74) is 2.52. The van der Waals surface area contributed by atoms with Gasteiger partial charge < -0.3 is 19.5 Å². The molecule has 140 valence electrons. The summed E-state index contributed by atoms with van der Waals surface area (Å²) in [6, 6.07) is 17.1. The van der Waals surface area contributed by atoms with Crippen LogP contribution in [0.15, 0.2) is 48.5 Å². The number of ether oxygens (including phenoxy) is 3. The molecule has 0 aromatic heterocycles. The average molecular weight is 355 g/mol. The molecule has 0 saturated carbocycles. The fourth-order valence-electron chi connectivity index (χ4n) is 3.64. The van der Waals surface area contributed by atoms with Crippen molar-refractivity contribution in [2.75, 3.05) is 27.4 Å². The summed E-state index contributed by atoms with van der Waals surface area (Å²) in [6.45, 7) is 4.04. The minimum Gasteiger partial charge on any atom is -0.493 e. The molecule has 26 heavy (non-hydrogen) atoms. The van der Waals surface area contributed by atoms with E-state index in [1.807, 2.05) is 6.07 Å². The van der Waals surface area contributed by atoms with Crippen LogP contribution >= 0.6 is 0 Å². The minimum absolute atomic E-state index is 0.206. The summed E-state index contributed by atoms with van der Waals surface area (Å²) in [5, 5.41) is 3.69. The second kappa shape index (κ2) is 9.06. The van der Waals surface area contributed by atoms with Gasteiger partial charge in [0.15, 0.2) is 11.5 Å². The lowest BCUT2D eigenvalue weighted by Gasteiger charge is -2.22. The first-order valence-corrected chi connectivity index (χ1v) is 9.32. The zero-order chi connectivity index (χ0) is 18.4. The van der Waals surface area contributed by atoms with E-state index in [0.717, 1.165) is 37.5 Å². The highest BCUT2D eigenvalue weighted by Gasteiger charge is 2.29. The Bertz CT molecular complexity index is 689. The lowest BCUT2D eigenvalue weighted by molar-refractivity contribution is 0.0899. The van der Waals surface area contributed by atoms with Crippen molar-refractivity contribution in [3.05, 3.63) is 59.7 Å². The van der Waals surface area contributed by atoms with E-state index in [2.05, 4.69) is 54.7 Å². The first-order chi connectivity index (χ1) is 12.7. The molecule has 1 N–H and O–H groups in total. The molecule has 2 aromatic carbocycles. The summed E-state index contributed by atoms with van der Waals surface area (Å²) in [6.07, 6.45) is 2.26. The number of nitrogens with one attached hydrogen (secondary N) is 1. The Morgan fingerprint density at radius 1 is 1.08 bits per heavy atom. The van der Waals surface area contributed by atoms with E-state index in [-0.39, 0.29) is 6.10 Å². The van der Waals surface area contributed by atoms with Crippen molar-refractivity contribution in [2.24, 2.45) is 5.92 Å². The molecule has 3 atom stereocenters. The highest BCUT2D eigenvalue weighted by Crippen LogP contribution is 2.34. The van der Waals surface area contributed by atoms with Gasteiger partial charge in [-0.25, -0.2) is 0 Å². The quantitative estimate of drug-likeness (QED) is 0.777. The normalized spacial score (nSPS) is 20.7. The number of rotatable bonds is 8. The van der Waals surface area contributed by atoms with E-state index < -0.39 is 0 Å². The van der Waals surface area contributed by atoms with Crippen LogP contribution in [0.4, 0.5) is 0 Å². The van der Waals surface area contributed by atoms with Crippen molar-refractivity contribution in [1.29, 1.82) is 0 Å². The smallest absolute Gasteiger partial charge is 0.160 e. The van der Waals surface area contributed by atoms with Crippen LogP contribution in [0.25, 0.3) is 0 Å². The van der Waals surface area contributed by atoms with Gasteiger partial charge in [0.2, 0.25) is 0 Å². The maximum Gasteiger partial charge on any atom is 0.160 e. The molecule has 0 radical (unpaired) electrons. The molecule has 3 rings (SSSR count). The van der Waals surface area contributed by atoms with Gasteiger partial charge in [0.05, 0.1) is 20.3 Å². The van der Waals surface area contributed by atoms with E-state index in [4.69, 9.17) is 14.2 Å². The van der Waals surface area contributed by atoms with Crippen LogP contribution < -0.4 is 14.8 Å². The first-order valence-electron chi connectivity index (χ1n) is 9.32. The molecule has 1 aliphatic heterocycles. The lowest BCUT2D eigenvalue weighted by Crippen LogP contribution is -2.33. The van der Waals surface area contributed by atoms with Gasteiger partial charge in [-0.05, 0) is 43.0 Å². The Kier molecular flexibility index (Phi) is 6.53. The van der Waals surface area contributed by atoms with Crippen LogP contribution in [-0.4, -0.2) is 33.4 Å². The topological polar surface area (TPSA) is 39.7 Å². The number of hydrogen-bond acceptors (Lipinski definition) is 4. The van der Waals surface area contributed by atoms with Crippen molar-refractivity contribution < 1.29 is 14.2 Å². The third-order valence-corrected chi connectivity index (χ3v) is 5.06. The molecular formula is C22H29NO3. The first kappa shape index (κ1) is 18.7. The fraction of sp³-hybridized carbons (Fsp3) is 0.455. The number of methoxy groups -OCH3 is 2. The Balaban J connectivity index is 1.54. The molecular weight excluding hydrogens is 326 g/mol. The van der Waals surface area contributed by atoms with Crippen molar-refractivity contribution in [2.45, 2.75) is 31.9 Å². The zero-order valence-corrected chi connectivity index (χ0v) is 15.9. The highest BCUT2D eigenvalue weighted by atomic mass is 16.5. The summed E-state index contributed by atoms with van der Waals surface area (Å²) in [4.78, 5) is 0. The molecule has 1 unspecified atom stereocenters. The van der Waals surface area contributed by atoms with Gasteiger partial charge in [0.25, 0.3) is 0 Å². The van der Waals surface area contributed by atoms with Crippen molar-refractivity contribution in [3.63, 3.8) is 0 Å². The number of hydrogen-bond donors (Lipinski definition) is 1. The molecule has 2 aromatic rings. The zero-order valence-electron chi connectivity index (χ0n) is 15.9. The van der Waals surface area contributed by atoms with Gasteiger partial charge in [-0.15, -0.1) is 0 Å². The molecule has 0 bridgehead atoms. The average Bonchev–Trinajstić information content (AvgIpc) is 3.15. The predicted molar refractivity (Wildman–Crippen MR) is 104 cm³/mol. The molecule has 4 heteroatoms. The van der Waals surface area contributed by atoms with Crippen LogP contribution in [0, 0.1) is 5.92 Å². The van der Waals surface area contributed by atoms with Crippen LogP contribution in [-0.2, 0) is 11.2 Å². The van der Waals surface area contributed by atoms with Gasteiger partial charge in [-0.3, -0.25) is 0 Å². The molecule has 1 fully saturated rings. The van der Waals surface area contributed by atoms with Crippen LogP contribution in [0.1, 0.15) is 30.6 Å². The Morgan fingerprint density at radius 2 is 1.85 bits per heavy atom. The Morgan fingerprint density at radius 3 is 2.58 bits per heavy atom. The molecule has 1 heterocycles. The minimum atomic E-state index is 0.206. The second-order valence-corrected chi connectivity index (χ2v) is 6.95. The summed E-state index contributed by atoms with van der Waals surface area (Å²) >= 11 is 0. The second-order valence-electron chi connectivity index (χ2n) is 6.95. The third-order valence-electron chi connectivity index (χ3n) is 5.06. The van der Waals surface area contributed by atoms with E-state index in [1.165, 1.54) is 11.1 Å². The SMILES string of the molecule is COc1ccc(CC(C)NC[C@H]2CCO[C@@H]2c2ccccc2)cc1OC. The third kappa shape index (κ3) is 4.57. The van der Waals surface area contributed by atoms with Crippen LogP contribution in [0.5, 0.6) is 11.5 Å². The van der Waals surface area contributed by atoms with Gasteiger partial charge >= 0.3 is 0 Å². The van der Waals surface area contributed by atoms with Crippen LogP contribution in [0.2, 0.25) is 0 Å². The Labute approximate surface area is 156 Å². The Hall–Kier alpha value is -2.04. The number of benzene rings is 2. The fourth-order valence-corrected chi connectivity index (χ4v) is 3.64. The van der Waals surface area contributed by atoms with E-state index in [9.17, 15) is 0 Å². The van der Waals surface area contributed by atoms with E-state index in [1.54, 1.807) is 14.2 Å². The largest absolute Gasteiger partial charge is 0.493 e. The van der Waals surface area contributed by atoms with Crippen LogP contribution in [0.3, 0.4) is 0 Å². The van der Waals surface area contributed by atoms with Crippen molar-refractivity contribution in [1.82, 2.24) is 5.32 Å². The van der Waals surface area contributed by atoms with Gasteiger partial charge in [-0.2, -0.15) is 0 Å². The highest BCUT2D eigenvalue weighted by molar-refractivity contribution is 5.43. The maximum absolute atomic E-state index is 5.99. The van der Waals surface area contributed by atoms with E-state index in [0.29, 0.717) is 12.0 Å². The molecule has 1 aliphatic rings. The summed E-state index contributed by atoms with van der Waals surface area (Å²) < 4.78 is 16.7. The monoisotopic (exact) mass is 355 g/mol.